The quantitative estimate of drug-likeness (QED) is 0.780. The van der Waals surface area contributed by atoms with Gasteiger partial charge in [0.1, 0.15) is 0 Å². The fraction of sp³-hybridized carbons (Fsp3) is 0.571. The number of hydrogen-bond donors (Lipinski definition) is 1. The summed E-state index contributed by atoms with van der Waals surface area (Å²) in [5, 5.41) is 9.94. The molecule has 2 atom stereocenters. The Bertz CT molecular complexity index is 343. The van der Waals surface area contributed by atoms with Gasteiger partial charge in [-0.05, 0) is 48.3 Å². The van der Waals surface area contributed by atoms with Crippen LogP contribution in [0.5, 0.6) is 0 Å². The average molecular weight is 204 g/mol. The third-order valence-corrected chi connectivity index (χ3v) is 3.63. The van der Waals surface area contributed by atoms with Crippen molar-refractivity contribution in [2.75, 3.05) is 0 Å². The molecule has 1 heteroatoms. The maximum absolute atomic E-state index is 9.94. The van der Waals surface area contributed by atoms with Crippen LogP contribution in [-0.2, 0) is 6.42 Å². The second kappa shape index (κ2) is 4.36. The monoisotopic (exact) mass is 204 g/mol. The SMILES string of the molecule is CCC(C)c1ccc2c(c1)C(O)CCC2. The zero-order chi connectivity index (χ0) is 10.8. The molecule has 0 saturated heterocycles. The van der Waals surface area contributed by atoms with Crippen molar-refractivity contribution >= 4 is 0 Å². The summed E-state index contributed by atoms with van der Waals surface area (Å²) in [4.78, 5) is 0. The molecule has 1 aromatic rings. The van der Waals surface area contributed by atoms with Crippen LogP contribution in [0.1, 0.15) is 61.8 Å². The van der Waals surface area contributed by atoms with Crippen LogP contribution in [-0.4, -0.2) is 5.11 Å². The van der Waals surface area contributed by atoms with E-state index in [4.69, 9.17) is 0 Å². The number of benzene rings is 1. The minimum Gasteiger partial charge on any atom is -0.388 e. The van der Waals surface area contributed by atoms with Crippen LogP contribution in [0.15, 0.2) is 18.2 Å². The minimum absolute atomic E-state index is 0.224. The largest absolute Gasteiger partial charge is 0.388 e. The van der Waals surface area contributed by atoms with Gasteiger partial charge >= 0.3 is 0 Å². The summed E-state index contributed by atoms with van der Waals surface area (Å²) in [6.45, 7) is 4.46. The molecule has 0 aromatic heterocycles. The second-order valence-corrected chi connectivity index (χ2v) is 4.68. The van der Waals surface area contributed by atoms with Gasteiger partial charge in [-0.15, -0.1) is 0 Å². The van der Waals surface area contributed by atoms with Gasteiger partial charge in [0, 0.05) is 0 Å². The topological polar surface area (TPSA) is 20.2 Å². The van der Waals surface area contributed by atoms with Crippen LogP contribution in [0.25, 0.3) is 0 Å². The Morgan fingerprint density at radius 2 is 2.27 bits per heavy atom. The molecule has 1 N–H and O–H groups in total. The van der Waals surface area contributed by atoms with Crippen molar-refractivity contribution in [1.29, 1.82) is 0 Å². The fourth-order valence-corrected chi connectivity index (χ4v) is 2.33. The summed E-state index contributed by atoms with van der Waals surface area (Å²) in [5.74, 6) is 0.601. The molecule has 0 radical (unpaired) electrons. The van der Waals surface area contributed by atoms with Crippen LogP contribution in [0.2, 0.25) is 0 Å². The summed E-state index contributed by atoms with van der Waals surface area (Å²) < 4.78 is 0. The first-order valence-corrected chi connectivity index (χ1v) is 6.03. The first-order chi connectivity index (χ1) is 7.22. The molecular weight excluding hydrogens is 184 g/mol. The fourth-order valence-electron chi connectivity index (χ4n) is 2.33. The first-order valence-electron chi connectivity index (χ1n) is 6.03. The lowest BCUT2D eigenvalue weighted by Crippen LogP contribution is -2.10. The summed E-state index contributed by atoms with van der Waals surface area (Å²) in [5.41, 5.74) is 3.90. The molecule has 0 amide bonds. The van der Waals surface area contributed by atoms with Gasteiger partial charge in [0.25, 0.3) is 0 Å². The van der Waals surface area contributed by atoms with E-state index in [0.717, 1.165) is 25.7 Å². The minimum atomic E-state index is -0.224. The van der Waals surface area contributed by atoms with Crippen LogP contribution in [0.3, 0.4) is 0 Å². The average Bonchev–Trinajstić information content (AvgIpc) is 2.28. The van der Waals surface area contributed by atoms with Crippen molar-refractivity contribution in [3.05, 3.63) is 34.9 Å². The lowest BCUT2D eigenvalue weighted by Gasteiger charge is -2.23. The Hall–Kier alpha value is -0.820. The molecule has 15 heavy (non-hydrogen) atoms. The van der Waals surface area contributed by atoms with E-state index in [0.29, 0.717) is 5.92 Å². The molecule has 2 unspecified atom stereocenters. The van der Waals surface area contributed by atoms with E-state index in [9.17, 15) is 5.11 Å². The van der Waals surface area contributed by atoms with E-state index in [1.165, 1.54) is 16.7 Å². The van der Waals surface area contributed by atoms with Crippen molar-refractivity contribution in [3.63, 3.8) is 0 Å². The van der Waals surface area contributed by atoms with E-state index < -0.39 is 0 Å². The molecule has 0 saturated carbocycles. The van der Waals surface area contributed by atoms with Crippen molar-refractivity contribution < 1.29 is 5.11 Å². The zero-order valence-corrected chi connectivity index (χ0v) is 9.66. The zero-order valence-electron chi connectivity index (χ0n) is 9.66. The summed E-state index contributed by atoms with van der Waals surface area (Å²) in [6.07, 6.45) is 4.12. The van der Waals surface area contributed by atoms with Crippen LogP contribution in [0, 0.1) is 0 Å². The van der Waals surface area contributed by atoms with E-state index in [1.807, 2.05) is 0 Å². The number of fused-ring (bicyclic) bond motifs is 1. The van der Waals surface area contributed by atoms with Crippen molar-refractivity contribution in [1.82, 2.24) is 0 Å². The Kier molecular flexibility index (Phi) is 3.11. The number of aryl methyl sites for hydroxylation is 1. The van der Waals surface area contributed by atoms with Gasteiger partial charge in [-0.3, -0.25) is 0 Å². The number of hydrogen-bond acceptors (Lipinski definition) is 1. The molecule has 82 valence electrons. The predicted octanol–water partition coefficient (Wildman–Crippen LogP) is 3.57. The van der Waals surface area contributed by atoms with E-state index in [-0.39, 0.29) is 6.10 Å². The Morgan fingerprint density at radius 1 is 1.47 bits per heavy atom. The molecule has 1 aliphatic carbocycles. The van der Waals surface area contributed by atoms with Crippen molar-refractivity contribution in [3.8, 4) is 0 Å². The number of aliphatic hydroxyl groups excluding tert-OH is 1. The molecule has 0 bridgehead atoms. The highest BCUT2D eigenvalue weighted by Crippen LogP contribution is 2.32. The molecule has 0 heterocycles. The maximum atomic E-state index is 9.94. The summed E-state index contributed by atoms with van der Waals surface area (Å²) in [6, 6.07) is 6.65. The predicted molar refractivity (Wildman–Crippen MR) is 63.0 cm³/mol. The van der Waals surface area contributed by atoms with E-state index >= 15 is 0 Å². The standard InChI is InChI=1S/C14H20O/c1-3-10(2)12-8-7-11-5-4-6-14(15)13(11)9-12/h7-10,14-15H,3-6H2,1-2H3. The molecule has 1 aliphatic rings. The van der Waals surface area contributed by atoms with Gasteiger partial charge in [0.05, 0.1) is 6.10 Å². The molecule has 0 aliphatic heterocycles. The molecule has 2 rings (SSSR count). The molecule has 1 aromatic carbocycles. The highest BCUT2D eigenvalue weighted by atomic mass is 16.3. The normalized spacial score (nSPS) is 22.2. The number of rotatable bonds is 2. The number of aliphatic hydroxyl groups is 1. The lowest BCUT2D eigenvalue weighted by molar-refractivity contribution is 0.156. The van der Waals surface area contributed by atoms with Crippen LogP contribution >= 0.6 is 0 Å². The van der Waals surface area contributed by atoms with Crippen LogP contribution in [0.4, 0.5) is 0 Å². The Labute approximate surface area is 92.1 Å². The van der Waals surface area contributed by atoms with Gasteiger partial charge in [-0.1, -0.05) is 32.0 Å². The molecular formula is C14H20O. The third-order valence-electron chi connectivity index (χ3n) is 3.63. The van der Waals surface area contributed by atoms with Crippen molar-refractivity contribution in [2.45, 2.75) is 51.6 Å². The lowest BCUT2D eigenvalue weighted by atomic mass is 9.86. The van der Waals surface area contributed by atoms with Gasteiger partial charge in [0.15, 0.2) is 0 Å². The Morgan fingerprint density at radius 3 is 3.00 bits per heavy atom. The highest BCUT2D eigenvalue weighted by molar-refractivity contribution is 5.36. The van der Waals surface area contributed by atoms with Gasteiger partial charge in [0.2, 0.25) is 0 Å². The molecule has 0 spiro atoms. The van der Waals surface area contributed by atoms with E-state index in [1.54, 1.807) is 0 Å². The molecule has 0 fully saturated rings. The first kappa shape index (κ1) is 10.7. The van der Waals surface area contributed by atoms with Crippen molar-refractivity contribution in [2.24, 2.45) is 0 Å². The molecule has 1 nitrogen and oxygen atoms in total. The smallest absolute Gasteiger partial charge is 0.0792 e. The summed E-state index contributed by atoms with van der Waals surface area (Å²) >= 11 is 0. The van der Waals surface area contributed by atoms with Gasteiger partial charge in [-0.25, -0.2) is 0 Å². The second-order valence-electron chi connectivity index (χ2n) is 4.68. The van der Waals surface area contributed by atoms with Crippen LogP contribution < -0.4 is 0 Å². The third kappa shape index (κ3) is 2.07. The maximum Gasteiger partial charge on any atom is 0.0792 e. The highest BCUT2D eigenvalue weighted by Gasteiger charge is 2.18. The Balaban J connectivity index is 2.35. The van der Waals surface area contributed by atoms with Gasteiger partial charge < -0.3 is 5.11 Å². The summed E-state index contributed by atoms with van der Waals surface area (Å²) in [7, 11) is 0. The van der Waals surface area contributed by atoms with Gasteiger partial charge in [-0.2, -0.15) is 0 Å². The van der Waals surface area contributed by atoms with E-state index in [2.05, 4.69) is 32.0 Å².